The van der Waals surface area contributed by atoms with Crippen LogP contribution in [-0.2, 0) is 20.8 Å². The maximum atomic E-state index is 13.2. The number of amides is 1. The Kier molecular flexibility index (Phi) is 10.9. The summed E-state index contributed by atoms with van der Waals surface area (Å²) < 4.78 is 5.76. The lowest BCUT2D eigenvalue weighted by atomic mass is 9.90. The second-order valence-electron chi connectivity index (χ2n) is 10.9. The molecule has 1 unspecified atom stereocenters. The van der Waals surface area contributed by atoms with Crippen molar-refractivity contribution in [2.75, 3.05) is 37.7 Å². The first kappa shape index (κ1) is 29.6. The molecule has 0 aliphatic carbocycles. The van der Waals surface area contributed by atoms with Gasteiger partial charge in [-0.1, -0.05) is 61.7 Å². The van der Waals surface area contributed by atoms with Crippen LogP contribution in [0.3, 0.4) is 0 Å². The fraction of sp³-hybridized carbons (Fsp3) is 0.516. The number of hydrogen-bond acceptors (Lipinski definition) is 6. The van der Waals surface area contributed by atoms with Crippen molar-refractivity contribution in [2.24, 2.45) is 5.92 Å². The minimum Gasteiger partial charge on any atom is -0.489 e. The van der Waals surface area contributed by atoms with Gasteiger partial charge in [-0.2, -0.15) is 0 Å². The van der Waals surface area contributed by atoms with Gasteiger partial charge in [0.25, 0.3) is 0 Å². The Hall–Kier alpha value is -3.43. The molecule has 216 valence electrons. The second kappa shape index (κ2) is 14.8. The Balaban J connectivity index is 1.17. The summed E-state index contributed by atoms with van der Waals surface area (Å²) >= 11 is 0. The molecule has 2 aromatic rings. The van der Waals surface area contributed by atoms with Gasteiger partial charge < -0.3 is 19.8 Å². The Labute approximate surface area is 236 Å². The third-order valence-corrected chi connectivity index (χ3v) is 7.91. The fourth-order valence-electron chi connectivity index (χ4n) is 5.69. The van der Waals surface area contributed by atoms with Crippen LogP contribution in [0.5, 0.6) is 5.75 Å². The average Bonchev–Trinajstić information content (AvgIpc) is 3.07. The SMILES string of the molecule is O=C(O)CN1C(=O)[C@@H](NC(CCCCCCN2CCC(Cc3ccccc3)CC2)C(=O)O)COc2ccccc21. The average molecular weight is 552 g/mol. The van der Waals surface area contributed by atoms with E-state index in [-0.39, 0.29) is 6.61 Å². The van der Waals surface area contributed by atoms with Crippen LogP contribution in [0.2, 0.25) is 0 Å². The van der Waals surface area contributed by atoms with Crippen LogP contribution in [0.25, 0.3) is 0 Å². The number of benzene rings is 2. The Bertz CT molecular complexity index is 1120. The highest BCUT2D eigenvalue weighted by Crippen LogP contribution is 2.31. The largest absolute Gasteiger partial charge is 0.489 e. The highest BCUT2D eigenvalue weighted by molar-refractivity contribution is 6.02. The summed E-state index contributed by atoms with van der Waals surface area (Å²) in [5, 5.41) is 22.1. The highest BCUT2D eigenvalue weighted by atomic mass is 16.5. The number of hydrogen-bond donors (Lipinski definition) is 3. The molecule has 0 spiro atoms. The van der Waals surface area contributed by atoms with Crippen LogP contribution < -0.4 is 15.0 Å². The number of rotatable bonds is 14. The van der Waals surface area contributed by atoms with E-state index in [2.05, 4.69) is 40.5 Å². The molecule has 2 atom stereocenters. The van der Waals surface area contributed by atoms with Crippen molar-refractivity contribution in [3.05, 3.63) is 60.2 Å². The van der Waals surface area contributed by atoms with Crippen LogP contribution in [0, 0.1) is 5.92 Å². The molecule has 1 saturated heterocycles. The molecule has 3 N–H and O–H groups in total. The third kappa shape index (κ3) is 8.53. The number of para-hydroxylation sites is 2. The van der Waals surface area contributed by atoms with E-state index in [0.717, 1.165) is 62.6 Å². The first-order valence-corrected chi connectivity index (χ1v) is 14.4. The number of likely N-dealkylation sites (tertiary alicyclic amines) is 1. The zero-order valence-corrected chi connectivity index (χ0v) is 23.0. The zero-order valence-electron chi connectivity index (χ0n) is 23.0. The Morgan fingerprint density at radius 1 is 0.950 bits per heavy atom. The molecule has 0 aromatic heterocycles. The van der Waals surface area contributed by atoms with Gasteiger partial charge in [-0.15, -0.1) is 0 Å². The van der Waals surface area contributed by atoms with Crippen molar-refractivity contribution >= 4 is 23.5 Å². The highest BCUT2D eigenvalue weighted by Gasteiger charge is 2.35. The molecule has 9 heteroatoms. The molecule has 2 aliphatic heterocycles. The molecule has 0 saturated carbocycles. The monoisotopic (exact) mass is 551 g/mol. The molecular weight excluding hydrogens is 510 g/mol. The summed E-state index contributed by atoms with van der Waals surface area (Å²) in [6, 6.07) is 15.6. The molecule has 1 fully saturated rings. The summed E-state index contributed by atoms with van der Waals surface area (Å²) in [6.07, 6.45) is 7.78. The number of carbonyl (C=O) groups excluding carboxylic acids is 1. The first-order chi connectivity index (χ1) is 19.4. The van der Waals surface area contributed by atoms with E-state index < -0.39 is 36.5 Å². The number of carboxylic acid groups (broad SMARTS) is 2. The molecule has 0 radical (unpaired) electrons. The van der Waals surface area contributed by atoms with Crippen LogP contribution >= 0.6 is 0 Å². The number of nitrogens with one attached hydrogen (secondary N) is 1. The van der Waals surface area contributed by atoms with Gasteiger partial charge in [-0.3, -0.25) is 24.6 Å². The maximum Gasteiger partial charge on any atom is 0.323 e. The molecule has 0 bridgehead atoms. The number of anilines is 1. The third-order valence-electron chi connectivity index (χ3n) is 7.91. The van der Waals surface area contributed by atoms with Gasteiger partial charge in [-0.05, 0) is 75.4 Å². The number of unbranched alkanes of at least 4 members (excludes halogenated alkanes) is 3. The number of carboxylic acids is 2. The summed E-state index contributed by atoms with van der Waals surface area (Å²) in [5.41, 5.74) is 1.79. The lowest BCUT2D eigenvalue weighted by molar-refractivity contribution is -0.141. The van der Waals surface area contributed by atoms with E-state index in [0.29, 0.717) is 17.9 Å². The van der Waals surface area contributed by atoms with Crippen LogP contribution in [-0.4, -0.2) is 77.8 Å². The predicted molar refractivity (Wildman–Crippen MR) is 153 cm³/mol. The van der Waals surface area contributed by atoms with Crippen molar-refractivity contribution in [2.45, 2.75) is 63.5 Å². The van der Waals surface area contributed by atoms with Crippen LogP contribution in [0.4, 0.5) is 5.69 Å². The van der Waals surface area contributed by atoms with Gasteiger partial charge in [0.1, 0.15) is 31.0 Å². The van der Waals surface area contributed by atoms with E-state index in [1.54, 1.807) is 24.3 Å². The minimum atomic E-state index is -1.16. The molecule has 4 rings (SSSR count). The van der Waals surface area contributed by atoms with Gasteiger partial charge in [0.2, 0.25) is 5.91 Å². The number of carbonyl (C=O) groups is 3. The first-order valence-electron chi connectivity index (χ1n) is 14.4. The molecular formula is C31H41N3O6. The second-order valence-corrected chi connectivity index (χ2v) is 10.9. The van der Waals surface area contributed by atoms with Crippen LogP contribution in [0.15, 0.2) is 54.6 Å². The Morgan fingerprint density at radius 2 is 1.65 bits per heavy atom. The summed E-state index contributed by atoms with van der Waals surface area (Å²) in [7, 11) is 0. The smallest absolute Gasteiger partial charge is 0.323 e. The normalized spacial score (nSPS) is 18.9. The number of fused-ring (bicyclic) bond motifs is 1. The van der Waals surface area contributed by atoms with Crippen molar-refractivity contribution in [1.29, 1.82) is 0 Å². The van der Waals surface area contributed by atoms with Crippen molar-refractivity contribution in [1.82, 2.24) is 10.2 Å². The summed E-state index contributed by atoms with van der Waals surface area (Å²) in [6.45, 7) is 2.76. The Morgan fingerprint density at radius 3 is 2.38 bits per heavy atom. The van der Waals surface area contributed by atoms with E-state index in [4.69, 9.17) is 4.74 Å². The standard InChI is InChI=1S/C31H41N3O6/c35-29(36)21-34-27-13-7-8-14-28(27)40-22-26(30(34)37)32-25(31(38)39)12-6-1-2-9-17-33-18-15-24(16-19-33)20-23-10-4-3-5-11-23/h3-5,7-8,10-11,13-14,24-26,32H,1-2,6,9,12,15-22H2,(H,35,36)(H,38,39)/t25?,26-/m0/s1. The molecule has 1 amide bonds. The molecule has 9 nitrogen and oxygen atoms in total. The minimum absolute atomic E-state index is 0.0716. The fourth-order valence-corrected chi connectivity index (χ4v) is 5.69. The summed E-state index contributed by atoms with van der Waals surface area (Å²) in [5.74, 6) is -1.54. The molecule has 2 aromatic carbocycles. The van der Waals surface area contributed by atoms with Crippen molar-refractivity contribution in [3.63, 3.8) is 0 Å². The lowest BCUT2D eigenvalue weighted by Crippen LogP contribution is -2.54. The number of nitrogens with zero attached hydrogens (tertiary/aromatic N) is 2. The van der Waals surface area contributed by atoms with E-state index in [1.165, 1.54) is 18.4 Å². The number of piperidine rings is 1. The predicted octanol–water partition coefficient (Wildman–Crippen LogP) is 3.81. The molecule has 2 heterocycles. The zero-order chi connectivity index (χ0) is 28.3. The topological polar surface area (TPSA) is 119 Å². The number of ether oxygens (including phenoxy) is 1. The number of aliphatic carboxylic acids is 2. The van der Waals surface area contributed by atoms with E-state index >= 15 is 0 Å². The van der Waals surface area contributed by atoms with Gasteiger partial charge in [-0.25, -0.2) is 0 Å². The van der Waals surface area contributed by atoms with Gasteiger partial charge in [0.05, 0.1) is 5.69 Å². The van der Waals surface area contributed by atoms with Gasteiger partial charge >= 0.3 is 11.9 Å². The van der Waals surface area contributed by atoms with Crippen molar-refractivity contribution in [3.8, 4) is 5.75 Å². The van der Waals surface area contributed by atoms with Crippen molar-refractivity contribution < 1.29 is 29.3 Å². The quantitative estimate of drug-likeness (QED) is 0.303. The maximum absolute atomic E-state index is 13.2. The van der Waals surface area contributed by atoms with Gasteiger partial charge in [0, 0.05) is 0 Å². The van der Waals surface area contributed by atoms with E-state index in [1.807, 2.05) is 0 Å². The van der Waals surface area contributed by atoms with E-state index in [9.17, 15) is 24.6 Å². The molecule has 2 aliphatic rings. The summed E-state index contributed by atoms with van der Waals surface area (Å²) in [4.78, 5) is 40.3. The van der Waals surface area contributed by atoms with Crippen LogP contribution in [0.1, 0.15) is 50.5 Å². The molecule has 40 heavy (non-hydrogen) atoms. The lowest BCUT2D eigenvalue weighted by Gasteiger charge is -2.32. The van der Waals surface area contributed by atoms with Gasteiger partial charge in [0.15, 0.2) is 0 Å².